The predicted octanol–water partition coefficient (Wildman–Crippen LogP) is 1.76. The molecule has 0 aliphatic rings. The van der Waals surface area contributed by atoms with Crippen LogP contribution in [0, 0.1) is 5.92 Å². The molecular weight excluding hydrogens is 292 g/mol. The molecule has 3 rings (SSSR count). The van der Waals surface area contributed by atoms with Crippen LogP contribution in [0.5, 0.6) is 0 Å². The highest BCUT2D eigenvalue weighted by Gasteiger charge is 2.20. The normalized spacial score (nSPS) is 11.5. The summed E-state index contributed by atoms with van der Waals surface area (Å²) in [5.74, 6) is 0.348. The molecule has 0 amide bonds. The SMILES string of the molecule is CC(C)Cn1nc(-c2ccccc2)c2c(=O)n(C)c(=O)n(C)c21. The average molecular weight is 312 g/mol. The lowest BCUT2D eigenvalue weighted by atomic mass is 10.1. The minimum Gasteiger partial charge on any atom is -0.281 e. The van der Waals surface area contributed by atoms with E-state index in [0.29, 0.717) is 29.2 Å². The fraction of sp³-hybridized carbons (Fsp3) is 0.353. The fourth-order valence-corrected chi connectivity index (χ4v) is 2.83. The summed E-state index contributed by atoms with van der Waals surface area (Å²) < 4.78 is 4.40. The Hall–Kier alpha value is -2.63. The molecule has 0 unspecified atom stereocenters. The van der Waals surface area contributed by atoms with E-state index in [-0.39, 0.29) is 11.2 Å². The Balaban J connectivity index is 2.47. The standard InChI is InChI=1S/C17H20N4O2/c1-11(2)10-21-15-13(16(22)20(4)17(23)19(15)3)14(18-21)12-8-6-5-7-9-12/h5-9,11H,10H2,1-4H3. The van der Waals surface area contributed by atoms with Crippen LogP contribution < -0.4 is 11.2 Å². The van der Waals surface area contributed by atoms with E-state index < -0.39 is 0 Å². The van der Waals surface area contributed by atoms with Gasteiger partial charge in [0.25, 0.3) is 5.56 Å². The summed E-state index contributed by atoms with van der Waals surface area (Å²) in [5.41, 5.74) is 1.42. The summed E-state index contributed by atoms with van der Waals surface area (Å²) >= 11 is 0. The maximum atomic E-state index is 12.7. The first-order chi connectivity index (χ1) is 10.9. The summed E-state index contributed by atoms with van der Waals surface area (Å²) in [6.45, 7) is 4.80. The summed E-state index contributed by atoms with van der Waals surface area (Å²) in [7, 11) is 3.18. The summed E-state index contributed by atoms with van der Waals surface area (Å²) in [4.78, 5) is 25.0. The number of benzene rings is 1. The fourth-order valence-electron chi connectivity index (χ4n) is 2.83. The van der Waals surface area contributed by atoms with Gasteiger partial charge >= 0.3 is 5.69 Å². The van der Waals surface area contributed by atoms with Crippen LogP contribution >= 0.6 is 0 Å². The molecule has 0 fully saturated rings. The maximum absolute atomic E-state index is 12.7. The number of hydrogen-bond acceptors (Lipinski definition) is 3. The van der Waals surface area contributed by atoms with Crippen molar-refractivity contribution in [2.75, 3.05) is 0 Å². The van der Waals surface area contributed by atoms with E-state index in [9.17, 15) is 9.59 Å². The molecule has 2 heterocycles. The molecule has 0 aliphatic carbocycles. The van der Waals surface area contributed by atoms with Gasteiger partial charge in [-0.05, 0) is 5.92 Å². The van der Waals surface area contributed by atoms with Crippen LogP contribution in [0.15, 0.2) is 39.9 Å². The molecule has 0 aliphatic heterocycles. The van der Waals surface area contributed by atoms with Gasteiger partial charge < -0.3 is 0 Å². The molecule has 0 spiro atoms. The Labute approximate surface area is 133 Å². The predicted molar refractivity (Wildman–Crippen MR) is 90.5 cm³/mol. The minimum atomic E-state index is -0.341. The van der Waals surface area contributed by atoms with Gasteiger partial charge in [-0.1, -0.05) is 44.2 Å². The third kappa shape index (κ3) is 2.40. The summed E-state index contributed by atoms with van der Waals surface area (Å²) in [6.07, 6.45) is 0. The highest BCUT2D eigenvalue weighted by atomic mass is 16.2. The van der Waals surface area contributed by atoms with Crippen molar-refractivity contribution in [3.05, 3.63) is 51.2 Å². The number of fused-ring (bicyclic) bond motifs is 1. The Morgan fingerprint density at radius 3 is 2.30 bits per heavy atom. The average Bonchev–Trinajstić information content (AvgIpc) is 2.90. The molecule has 0 saturated heterocycles. The Kier molecular flexibility index (Phi) is 3.67. The van der Waals surface area contributed by atoms with Crippen molar-refractivity contribution in [1.82, 2.24) is 18.9 Å². The summed E-state index contributed by atoms with van der Waals surface area (Å²) in [6, 6.07) is 9.59. The topological polar surface area (TPSA) is 61.8 Å². The highest BCUT2D eigenvalue weighted by molar-refractivity contribution is 5.90. The van der Waals surface area contributed by atoms with Crippen LogP contribution in [0.4, 0.5) is 0 Å². The molecule has 120 valence electrons. The zero-order valence-electron chi connectivity index (χ0n) is 13.8. The van der Waals surface area contributed by atoms with Gasteiger partial charge in [0.05, 0.1) is 0 Å². The Bertz CT molecular complexity index is 978. The van der Waals surface area contributed by atoms with Crippen molar-refractivity contribution in [2.45, 2.75) is 20.4 Å². The maximum Gasteiger partial charge on any atom is 0.332 e. The highest BCUT2D eigenvalue weighted by Crippen LogP contribution is 2.25. The van der Waals surface area contributed by atoms with E-state index in [1.54, 1.807) is 11.7 Å². The van der Waals surface area contributed by atoms with Crippen molar-refractivity contribution in [3.63, 3.8) is 0 Å². The molecule has 6 heteroatoms. The number of nitrogens with zero attached hydrogens (tertiary/aromatic N) is 4. The Morgan fingerprint density at radius 1 is 1.04 bits per heavy atom. The first kappa shape index (κ1) is 15.3. The van der Waals surface area contributed by atoms with Crippen molar-refractivity contribution in [1.29, 1.82) is 0 Å². The minimum absolute atomic E-state index is 0.308. The second-order valence-electron chi connectivity index (χ2n) is 6.19. The molecular formula is C17H20N4O2. The van der Waals surface area contributed by atoms with Crippen molar-refractivity contribution in [2.24, 2.45) is 20.0 Å². The zero-order valence-corrected chi connectivity index (χ0v) is 13.8. The monoisotopic (exact) mass is 312 g/mol. The lowest BCUT2D eigenvalue weighted by Crippen LogP contribution is -2.37. The number of aromatic nitrogens is 4. The molecule has 2 aromatic heterocycles. The van der Waals surface area contributed by atoms with Gasteiger partial charge in [-0.15, -0.1) is 0 Å². The smallest absolute Gasteiger partial charge is 0.281 e. The third-order valence-corrected chi connectivity index (χ3v) is 3.92. The quantitative estimate of drug-likeness (QED) is 0.740. The molecule has 23 heavy (non-hydrogen) atoms. The molecule has 0 bridgehead atoms. The van der Waals surface area contributed by atoms with Crippen molar-refractivity contribution < 1.29 is 0 Å². The zero-order chi connectivity index (χ0) is 16.7. The van der Waals surface area contributed by atoms with Gasteiger partial charge in [-0.25, -0.2) is 9.48 Å². The second-order valence-corrected chi connectivity index (χ2v) is 6.19. The molecule has 6 nitrogen and oxygen atoms in total. The van der Waals surface area contributed by atoms with Gasteiger partial charge in [-0.2, -0.15) is 5.10 Å². The van der Waals surface area contributed by atoms with E-state index in [0.717, 1.165) is 10.1 Å². The number of aryl methyl sites for hydroxylation is 1. The van der Waals surface area contributed by atoms with Crippen molar-refractivity contribution in [3.8, 4) is 11.3 Å². The number of rotatable bonds is 3. The second kappa shape index (κ2) is 5.53. The van der Waals surface area contributed by atoms with Gasteiger partial charge in [0.2, 0.25) is 0 Å². The van der Waals surface area contributed by atoms with E-state index in [1.807, 2.05) is 30.3 Å². The first-order valence-corrected chi connectivity index (χ1v) is 7.63. The van der Waals surface area contributed by atoms with Crippen LogP contribution in [0.1, 0.15) is 13.8 Å². The van der Waals surface area contributed by atoms with E-state index in [2.05, 4.69) is 18.9 Å². The van der Waals surface area contributed by atoms with E-state index >= 15 is 0 Å². The summed E-state index contributed by atoms with van der Waals surface area (Å²) in [5, 5.41) is 5.13. The Morgan fingerprint density at radius 2 is 1.70 bits per heavy atom. The third-order valence-electron chi connectivity index (χ3n) is 3.92. The van der Waals surface area contributed by atoms with E-state index in [1.165, 1.54) is 11.6 Å². The largest absolute Gasteiger partial charge is 0.332 e. The van der Waals surface area contributed by atoms with E-state index in [4.69, 9.17) is 0 Å². The van der Waals surface area contributed by atoms with Crippen LogP contribution in [0.25, 0.3) is 22.3 Å². The molecule has 0 radical (unpaired) electrons. The van der Waals surface area contributed by atoms with Crippen LogP contribution in [-0.4, -0.2) is 18.9 Å². The van der Waals surface area contributed by atoms with Gasteiger partial charge in [0.15, 0.2) is 0 Å². The molecule has 3 aromatic rings. The number of hydrogen-bond donors (Lipinski definition) is 0. The van der Waals surface area contributed by atoms with Crippen LogP contribution in [0.3, 0.4) is 0 Å². The van der Waals surface area contributed by atoms with Gasteiger partial charge in [0, 0.05) is 26.2 Å². The molecule has 0 N–H and O–H groups in total. The van der Waals surface area contributed by atoms with Crippen LogP contribution in [-0.2, 0) is 20.6 Å². The lowest BCUT2D eigenvalue weighted by molar-refractivity contribution is 0.487. The molecule has 0 saturated carbocycles. The lowest BCUT2D eigenvalue weighted by Gasteiger charge is -2.09. The van der Waals surface area contributed by atoms with Crippen LogP contribution in [0.2, 0.25) is 0 Å². The molecule has 0 atom stereocenters. The van der Waals surface area contributed by atoms with Crippen molar-refractivity contribution >= 4 is 11.0 Å². The van der Waals surface area contributed by atoms with Gasteiger partial charge in [-0.3, -0.25) is 13.9 Å². The van der Waals surface area contributed by atoms with Gasteiger partial charge in [0.1, 0.15) is 16.7 Å². The molecule has 1 aromatic carbocycles. The first-order valence-electron chi connectivity index (χ1n) is 7.63.